The summed E-state index contributed by atoms with van der Waals surface area (Å²) in [5, 5.41) is 3.12. The van der Waals surface area contributed by atoms with Crippen molar-refractivity contribution in [2.45, 2.75) is 6.04 Å². The number of hydrogen-bond donors (Lipinski definition) is 1. The topological polar surface area (TPSA) is 71.0 Å². The van der Waals surface area contributed by atoms with Crippen LogP contribution in [0, 0.1) is 0 Å². The molecule has 0 fully saturated rings. The number of nitrogens with one attached hydrogen (secondary N) is 1. The molecule has 1 unspecified atom stereocenters. The highest BCUT2D eigenvalue weighted by Gasteiger charge is 2.27. The predicted molar refractivity (Wildman–Crippen MR) is 95.7 cm³/mol. The summed E-state index contributed by atoms with van der Waals surface area (Å²) in [6.07, 6.45) is 1.68. The Morgan fingerprint density at radius 2 is 2.04 bits per heavy atom. The van der Waals surface area contributed by atoms with E-state index in [0.717, 1.165) is 5.56 Å². The summed E-state index contributed by atoms with van der Waals surface area (Å²) >= 11 is 6.13. The monoisotopic (exact) mass is 356 g/mol. The lowest BCUT2D eigenvalue weighted by Gasteiger charge is -2.28. The van der Waals surface area contributed by atoms with Crippen LogP contribution < -0.4 is 5.56 Å². The lowest BCUT2D eigenvalue weighted by Crippen LogP contribution is -2.33. The average Bonchev–Trinajstić information content (AvgIpc) is 2.94. The van der Waals surface area contributed by atoms with Gasteiger partial charge in [-0.2, -0.15) is 0 Å². The Labute approximate surface area is 149 Å². The first-order valence-corrected chi connectivity index (χ1v) is 8.05. The van der Waals surface area contributed by atoms with E-state index in [2.05, 4.69) is 10.1 Å². The Balaban J connectivity index is 2.06. The number of carbonyl (C=O) groups is 1. The molecule has 128 valence electrons. The molecule has 0 radical (unpaired) electrons. The number of pyridine rings is 1. The maximum atomic E-state index is 12.9. The number of benzene rings is 1. The highest BCUT2D eigenvalue weighted by atomic mass is 35.5. The summed E-state index contributed by atoms with van der Waals surface area (Å²) in [5.41, 5.74) is 1.50. The number of amides is 1. The Bertz CT molecular complexity index is 949. The first-order chi connectivity index (χ1) is 12.0. The number of H-pyrrole nitrogens is 1. The summed E-state index contributed by atoms with van der Waals surface area (Å²) in [4.78, 5) is 30.4. The van der Waals surface area contributed by atoms with Crippen molar-refractivity contribution in [3.8, 4) is 0 Å². The minimum Gasteiger partial charge on any atom is -0.328 e. The zero-order chi connectivity index (χ0) is 18.0. The minimum absolute atomic E-state index is 0.274. The van der Waals surface area contributed by atoms with Crippen molar-refractivity contribution in [3.05, 3.63) is 87.1 Å². The molecule has 0 aliphatic heterocycles. The third-order valence-electron chi connectivity index (χ3n) is 3.97. The molecule has 0 spiro atoms. The van der Waals surface area contributed by atoms with E-state index in [-0.39, 0.29) is 17.2 Å². The molecule has 6 nitrogen and oxygen atoms in total. The van der Waals surface area contributed by atoms with Gasteiger partial charge in [0.05, 0.1) is 11.7 Å². The molecule has 0 saturated carbocycles. The predicted octanol–water partition coefficient (Wildman–Crippen LogP) is 2.62. The summed E-state index contributed by atoms with van der Waals surface area (Å²) < 4.78 is 1.41. The molecule has 25 heavy (non-hydrogen) atoms. The zero-order valence-electron chi connectivity index (χ0n) is 13.8. The van der Waals surface area contributed by atoms with E-state index in [4.69, 9.17) is 11.6 Å². The van der Waals surface area contributed by atoms with Gasteiger partial charge in [0.15, 0.2) is 0 Å². The third kappa shape index (κ3) is 3.49. The van der Waals surface area contributed by atoms with Crippen LogP contribution in [0.1, 0.15) is 27.8 Å². The molecule has 0 saturated heterocycles. The van der Waals surface area contributed by atoms with Gasteiger partial charge < -0.3 is 4.90 Å². The van der Waals surface area contributed by atoms with Gasteiger partial charge in [0.2, 0.25) is 0 Å². The van der Waals surface area contributed by atoms with Crippen molar-refractivity contribution >= 4 is 17.5 Å². The second-order valence-electron chi connectivity index (χ2n) is 5.69. The second-order valence-corrected chi connectivity index (χ2v) is 6.13. The van der Waals surface area contributed by atoms with E-state index in [9.17, 15) is 9.59 Å². The van der Waals surface area contributed by atoms with Crippen molar-refractivity contribution in [2.24, 2.45) is 7.05 Å². The fourth-order valence-corrected chi connectivity index (χ4v) is 2.99. The van der Waals surface area contributed by atoms with Crippen LogP contribution in [0.3, 0.4) is 0 Å². The first kappa shape index (κ1) is 17.0. The van der Waals surface area contributed by atoms with E-state index in [1.165, 1.54) is 10.7 Å². The Hall–Kier alpha value is -2.86. The molecule has 0 bridgehead atoms. The number of rotatable bonds is 4. The Morgan fingerprint density at radius 3 is 2.64 bits per heavy atom. The Morgan fingerprint density at radius 1 is 1.24 bits per heavy atom. The summed E-state index contributed by atoms with van der Waals surface area (Å²) in [5.74, 6) is -0.295. The van der Waals surface area contributed by atoms with E-state index in [1.807, 2.05) is 30.3 Å². The molecule has 0 aliphatic carbocycles. The minimum atomic E-state index is -0.433. The fraction of sp³-hybridized carbons (Fsp3) is 0.167. The van der Waals surface area contributed by atoms with Crippen molar-refractivity contribution in [1.29, 1.82) is 0 Å². The van der Waals surface area contributed by atoms with Gasteiger partial charge in [-0.1, -0.05) is 29.8 Å². The molecule has 1 N–H and O–H groups in total. The van der Waals surface area contributed by atoms with Crippen LogP contribution in [-0.4, -0.2) is 32.6 Å². The Kier molecular flexibility index (Phi) is 4.72. The molecule has 0 aliphatic rings. The van der Waals surface area contributed by atoms with Crippen molar-refractivity contribution < 1.29 is 4.79 Å². The summed E-state index contributed by atoms with van der Waals surface area (Å²) in [6, 6.07) is 13.7. The van der Waals surface area contributed by atoms with Gasteiger partial charge in [0.1, 0.15) is 5.69 Å². The van der Waals surface area contributed by atoms with E-state index >= 15 is 0 Å². The fourth-order valence-electron chi connectivity index (χ4n) is 2.79. The highest BCUT2D eigenvalue weighted by Crippen LogP contribution is 2.29. The van der Waals surface area contributed by atoms with Crippen LogP contribution in [0.4, 0.5) is 0 Å². The highest BCUT2D eigenvalue weighted by molar-refractivity contribution is 6.30. The van der Waals surface area contributed by atoms with Gasteiger partial charge in [-0.3, -0.25) is 24.4 Å². The average molecular weight is 357 g/mol. The number of carbonyl (C=O) groups excluding carboxylic acids is 1. The number of aryl methyl sites for hydroxylation is 1. The van der Waals surface area contributed by atoms with Crippen LogP contribution in [0.2, 0.25) is 5.02 Å². The maximum Gasteiger partial charge on any atom is 0.272 e. The van der Waals surface area contributed by atoms with E-state index in [0.29, 0.717) is 10.7 Å². The number of hydrogen-bond acceptors (Lipinski definition) is 3. The first-order valence-electron chi connectivity index (χ1n) is 7.67. The van der Waals surface area contributed by atoms with Gasteiger partial charge in [-0.15, -0.1) is 0 Å². The molecule has 1 amide bonds. The normalized spacial score (nSPS) is 12.0. The van der Waals surface area contributed by atoms with Gasteiger partial charge in [0.25, 0.3) is 11.5 Å². The molecular weight excluding hydrogens is 340 g/mol. The number of aromatic nitrogens is 3. The quantitative estimate of drug-likeness (QED) is 0.781. The van der Waals surface area contributed by atoms with Gasteiger partial charge in [0, 0.05) is 31.4 Å². The molecule has 1 aromatic carbocycles. The zero-order valence-corrected chi connectivity index (χ0v) is 14.6. The van der Waals surface area contributed by atoms with Crippen LogP contribution in [0.25, 0.3) is 0 Å². The molecule has 1 atom stereocenters. The summed E-state index contributed by atoms with van der Waals surface area (Å²) in [7, 11) is 3.30. The van der Waals surface area contributed by atoms with Crippen LogP contribution in [0.15, 0.2) is 59.5 Å². The summed E-state index contributed by atoms with van der Waals surface area (Å²) in [6.45, 7) is 0. The number of aromatic amines is 1. The smallest absolute Gasteiger partial charge is 0.272 e. The number of halogens is 1. The van der Waals surface area contributed by atoms with Gasteiger partial charge in [-0.25, -0.2) is 0 Å². The van der Waals surface area contributed by atoms with Crippen molar-refractivity contribution in [2.75, 3.05) is 7.05 Å². The largest absolute Gasteiger partial charge is 0.328 e. The number of nitrogens with zero attached hydrogens (tertiary/aromatic N) is 3. The molecule has 2 heterocycles. The van der Waals surface area contributed by atoms with Crippen LogP contribution in [-0.2, 0) is 7.05 Å². The third-order valence-corrected chi connectivity index (χ3v) is 4.20. The second kappa shape index (κ2) is 6.94. The maximum absolute atomic E-state index is 12.9. The molecular formula is C18H17ClN4O2. The van der Waals surface area contributed by atoms with Crippen molar-refractivity contribution in [3.63, 3.8) is 0 Å². The van der Waals surface area contributed by atoms with Gasteiger partial charge >= 0.3 is 0 Å². The van der Waals surface area contributed by atoms with Gasteiger partial charge in [-0.05, 0) is 29.8 Å². The van der Waals surface area contributed by atoms with E-state index < -0.39 is 6.04 Å². The lowest BCUT2D eigenvalue weighted by molar-refractivity contribution is 0.0741. The lowest BCUT2D eigenvalue weighted by atomic mass is 10.0. The van der Waals surface area contributed by atoms with E-state index in [1.54, 1.807) is 37.3 Å². The molecule has 2 aromatic heterocycles. The molecule has 3 aromatic rings. The SMILES string of the molecule is CN(C(=O)c1cc(=O)[nH]n1C)C(c1cccc(Cl)c1)c1ccccn1. The molecule has 3 rings (SSSR count). The van der Waals surface area contributed by atoms with Crippen molar-refractivity contribution in [1.82, 2.24) is 19.7 Å². The van der Waals surface area contributed by atoms with Crippen LogP contribution in [0.5, 0.6) is 0 Å². The molecule has 7 heteroatoms. The standard InChI is InChI=1S/C18H17ClN4O2/c1-22(18(25)15-11-16(24)21-23(15)2)17(14-8-3-4-9-20-14)12-6-5-7-13(19)10-12/h3-11,17H,1-2H3,(H,21,24). The van der Waals surface area contributed by atoms with Crippen LogP contribution >= 0.6 is 11.6 Å².